The molecule has 0 unspecified atom stereocenters. The summed E-state index contributed by atoms with van der Waals surface area (Å²) in [5.41, 5.74) is 1.78. The average molecular weight is 416 g/mol. The third-order valence-corrected chi connectivity index (χ3v) is 4.47. The zero-order valence-corrected chi connectivity index (χ0v) is 13.9. The van der Waals surface area contributed by atoms with E-state index in [2.05, 4.69) is 27.9 Å². The van der Waals surface area contributed by atoms with Crippen LogP contribution in [0.5, 0.6) is 0 Å². The van der Waals surface area contributed by atoms with Gasteiger partial charge in [-0.15, -0.1) is 0 Å². The van der Waals surface area contributed by atoms with E-state index in [1.54, 1.807) is 37.3 Å². The van der Waals surface area contributed by atoms with Crippen LogP contribution in [0, 0.1) is 10.5 Å². The second-order valence-corrected chi connectivity index (χ2v) is 5.99. The molecule has 2 aromatic rings. The second kappa shape index (κ2) is 6.44. The van der Waals surface area contributed by atoms with Crippen LogP contribution < -0.4 is 5.32 Å². The van der Waals surface area contributed by atoms with Crippen LogP contribution in [-0.4, -0.2) is 17.0 Å². The Bertz CT molecular complexity index is 731. The highest BCUT2D eigenvalue weighted by Crippen LogP contribution is 2.21. The van der Waals surface area contributed by atoms with Crippen LogP contribution in [0.3, 0.4) is 0 Å². The zero-order chi connectivity index (χ0) is 15.6. The molecule has 6 heteroatoms. The van der Waals surface area contributed by atoms with Crippen molar-refractivity contribution in [3.8, 4) is 0 Å². The first-order valence-corrected chi connectivity index (χ1v) is 7.44. The lowest BCUT2D eigenvalue weighted by atomic mass is 10.1. The summed E-state index contributed by atoms with van der Waals surface area (Å²) in [5.74, 6) is -1.29. The minimum absolute atomic E-state index is 0.213. The molecule has 2 aromatic carbocycles. The van der Waals surface area contributed by atoms with E-state index in [1.807, 2.05) is 0 Å². The molecular weight excluding hydrogens is 405 g/mol. The predicted octanol–water partition coefficient (Wildman–Crippen LogP) is 4.20. The fourth-order valence-electron chi connectivity index (χ4n) is 1.82. The van der Waals surface area contributed by atoms with Gasteiger partial charge in [-0.1, -0.05) is 11.6 Å². The van der Waals surface area contributed by atoms with Gasteiger partial charge in [-0.25, -0.2) is 4.79 Å². The standard InChI is InChI=1S/C15H11ClINO3/c1-8-6-10(3-4-11(8)15(20)21)18-14(19)9-2-5-13(17)12(16)7-9/h2-7H,1H3,(H,18,19)(H,20,21). The molecule has 21 heavy (non-hydrogen) atoms. The number of aromatic carboxylic acids is 1. The van der Waals surface area contributed by atoms with E-state index in [0.717, 1.165) is 3.57 Å². The van der Waals surface area contributed by atoms with Crippen molar-refractivity contribution in [1.29, 1.82) is 0 Å². The molecule has 0 saturated carbocycles. The maximum atomic E-state index is 12.1. The minimum Gasteiger partial charge on any atom is -0.478 e. The van der Waals surface area contributed by atoms with Crippen molar-refractivity contribution in [1.82, 2.24) is 0 Å². The van der Waals surface area contributed by atoms with Crippen LogP contribution >= 0.6 is 34.2 Å². The molecule has 0 aliphatic heterocycles. The van der Waals surface area contributed by atoms with Gasteiger partial charge in [0.1, 0.15) is 0 Å². The van der Waals surface area contributed by atoms with Crippen molar-refractivity contribution in [2.45, 2.75) is 6.92 Å². The third-order valence-electron chi connectivity index (χ3n) is 2.90. The van der Waals surface area contributed by atoms with Gasteiger partial charge in [0.25, 0.3) is 5.91 Å². The van der Waals surface area contributed by atoms with E-state index in [9.17, 15) is 9.59 Å². The van der Waals surface area contributed by atoms with Gasteiger partial charge in [0.05, 0.1) is 10.6 Å². The third kappa shape index (κ3) is 3.74. The number of benzene rings is 2. The van der Waals surface area contributed by atoms with Gasteiger partial charge in [0.15, 0.2) is 0 Å². The van der Waals surface area contributed by atoms with Crippen molar-refractivity contribution < 1.29 is 14.7 Å². The lowest BCUT2D eigenvalue weighted by Gasteiger charge is -2.08. The molecule has 0 aromatic heterocycles. The molecule has 0 aliphatic carbocycles. The molecule has 2 rings (SSSR count). The number of rotatable bonds is 3. The Kier molecular flexibility index (Phi) is 4.84. The summed E-state index contributed by atoms with van der Waals surface area (Å²) in [4.78, 5) is 23.1. The Labute approximate surface area is 140 Å². The highest BCUT2D eigenvalue weighted by Gasteiger charge is 2.11. The van der Waals surface area contributed by atoms with E-state index < -0.39 is 5.97 Å². The minimum atomic E-state index is -0.991. The summed E-state index contributed by atoms with van der Waals surface area (Å²) < 4.78 is 0.868. The van der Waals surface area contributed by atoms with Gasteiger partial charge in [-0.05, 0) is 71.5 Å². The molecule has 0 atom stereocenters. The first kappa shape index (κ1) is 15.8. The molecule has 0 heterocycles. The lowest BCUT2D eigenvalue weighted by molar-refractivity contribution is 0.0696. The van der Waals surface area contributed by atoms with Crippen LogP contribution in [0.25, 0.3) is 0 Å². The Hall–Kier alpha value is -1.60. The number of carboxylic acids is 1. The Morgan fingerprint density at radius 3 is 2.48 bits per heavy atom. The van der Waals surface area contributed by atoms with Crippen molar-refractivity contribution in [2.75, 3.05) is 5.32 Å². The highest BCUT2D eigenvalue weighted by atomic mass is 127. The summed E-state index contributed by atoms with van der Waals surface area (Å²) in [5, 5.41) is 12.2. The normalized spacial score (nSPS) is 10.2. The molecule has 0 bridgehead atoms. The van der Waals surface area contributed by atoms with Crippen LogP contribution in [0.15, 0.2) is 36.4 Å². The number of carbonyl (C=O) groups is 2. The van der Waals surface area contributed by atoms with Gasteiger partial charge in [-0.2, -0.15) is 0 Å². The topological polar surface area (TPSA) is 66.4 Å². The van der Waals surface area contributed by atoms with Gasteiger partial charge < -0.3 is 10.4 Å². The van der Waals surface area contributed by atoms with Gasteiger partial charge >= 0.3 is 5.97 Å². The molecule has 4 nitrogen and oxygen atoms in total. The lowest BCUT2D eigenvalue weighted by Crippen LogP contribution is -2.12. The fraction of sp³-hybridized carbons (Fsp3) is 0.0667. The number of halogens is 2. The first-order chi connectivity index (χ1) is 9.88. The Balaban J connectivity index is 2.21. The van der Waals surface area contributed by atoms with Gasteiger partial charge in [0.2, 0.25) is 0 Å². The van der Waals surface area contributed by atoms with E-state index in [0.29, 0.717) is 21.8 Å². The average Bonchev–Trinajstić information content (AvgIpc) is 2.41. The van der Waals surface area contributed by atoms with E-state index in [4.69, 9.17) is 16.7 Å². The van der Waals surface area contributed by atoms with E-state index in [1.165, 1.54) is 6.07 Å². The fourth-order valence-corrected chi connectivity index (χ4v) is 2.34. The SMILES string of the molecule is Cc1cc(NC(=O)c2ccc(I)c(Cl)c2)ccc1C(=O)O. The maximum Gasteiger partial charge on any atom is 0.335 e. The number of carboxylic acid groups (broad SMARTS) is 1. The summed E-state index contributed by atoms with van der Waals surface area (Å²) >= 11 is 8.07. The second-order valence-electron chi connectivity index (χ2n) is 4.42. The number of anilines is 1. The number of nitrogens with one attached hydrogen (secondary N) is 1. The van der Waals surface area contributed by atoms with Crippen molar-refractivity contribution in [3.05, 3.63) is 61.7 Å². The molecule has 1 amide bonds. The predicted molar refractivity (Wildman–Crippen MR) is 90.3 cm³/mol. The summed E-state index contributed by atoms with van der Waals surface area (Å²) in [6.07, 6.45) is 0. The zero-order valence-electron chi connectivity index (χ0n) is 11.0. The molecule has 0 saturated heterocycles. The molecule has 2 N–H and O–H groups in total. The van der Waals surface area contributed by atoms with Gasteiger partial charge in [0, 0.05) is 14.8 Å². The maximum absolute atomic E-state index is 12.1. The van der Waals surface area contributed by atoms with Crippen molar-refractivity contribution in [3.63, 3.8) is 0 Å². The molecule has 108 valence electrons. The van der Waals surface area contributed by atoms with Crippen molar-refractivity contribution in [2.24, 2.45) is 0 Å². The summed E-state index contributed by atoms with van der Waals surface area (Å²) in [7, 11) is 0. The largest absolute Gasteiger partial charge is 0.478 e. The van der Waals surface area contributed by atoms with Crippen LogP contribution in [0.1, 0.15) is 26.3 Å². The summed E-state index contributed by atoms with van der Waals surface area (Å²) in [6, 6.07) is 9.68. The molecular formula is C15H11ClINO3. The molecule has 0 spiro atoms. The van der Waals surface area contributed by atoms with Crippen LogP contribution in [-0.2, 0) is 0 Å². The van der Waals surface area contributed by atoms with E-state index >= 15 is 0 Å². The van der Waals surface area contributed by atoms with Gasteiger partial charge in [-0.3, -0.25) is 4.79 Å². The monoisotopic (exact) mass is 415 g/mol. The molecule has 0 fully saturated rings. The number of amides is 1. The first-order valence-electron chi connectivity index (χ1n) is 5.99. The highest BCUT2D eigenvalue weighted by molar-refractivity contribution is 14.1. The Morgan fingerprint density at radius 1 is 1.19 bits per heavy atom. The quantitative estimate of drug-likeness (QED) is 0.738. The molecule has 0 aliphatic rings. The van der Waals surface area contributed by atoms with Crippen LogP contribution in [0.4, 0.5) is 5.69 Å². The number of aryl methyl sites for hydroxylation is 1. The molecule has 0 radical (unpaired) electrons. The Morgan fingerprint density at radius 2 is 1.90 bits per heavy atom. The van der Waals surface area contributed by atoms with Crippen molar-refractivity contribution >= 4 is 51.8 Å². The smallest absolute Gasteiger partial charge is 0.335 e. The van der Waals surface area contributed by atoms with E-state index in [-0.39, 0.29) is 11.5 Å². The summed E-state index contributed by atoms with van der Waals surface area (Å²) in [6.45, 7) is 1.68. The number of hydrogen-bond acceptors (Lipinski definition) is 2. The van der Waals surface area contributed by atoms with Crippen LogP contribution in [0.2, 0.25) is 5.02 Å². The number of hydrogen-bond donors (Lipinski definition) is 2. The number of carbonyl (C=O) groups excluding carboxylic acids is 1.